The third kappa shape index (κ3) is 9.63. The molecule has 118 valence electrons. The minimum atomic E-state index is -0.587. The van der Waals surface area contributed by atoms with E-state index in [4.69, 9.17) is 5.84 Å². The number of aliphatic hydroxyl groups excluding tert-OH is 1. The van der Waals surface area contributed by atoms with Gasteiger partial charge in [0, 0.05) is 0 Å². The lowest BCUT2D eigenvalue weighted by Crippen LogP contribution is -3.00. The Labute approximate surface area is 125 Å². The van der Waals surface area contributed by atoms with Crippen LogP contribution in [0, 0.1) is 0 Å². The van der Waals surface area contributed by atoms with Crippen molar-refractivity contribution in [3.8, 4) is 0 Å². The van der Waals surface area contributed by atoms with Gasteiger partial charge in [0.25, 0.3) is 0 Å². The molecule has 0 aliphatic heterocycles. The molecule has 0 radical (unpaired) electrons. The molecule has 4 N–H and O–H groups in total. The van der Waals surface area contributed by atoms with Crippen molar-refractivity contribution in [2.24, 2.45) is 5.84 Å². The fourth-order valence-corrected chi connectivity index (χ4v) is 2.51. The molecule has 0 aromatic carbocycles. The standard InChI is InChI=1S/C14H34N3O.ClH/c1-4-7-10-17(11-8-5-2,12-9-6-3)13-14(18)16-15;/h14,16,18H,4-13,15H2,1-3H3;1H/q+1;/p-1. The molecule has 5 heteroatoms. The van der Waals surface area contributed by atoms with E-state index in [2.05, 4.69) is 26.2 Å². The zero-order chi connectivity index (χ0) is 13.9. The summed E-state index contributed by atoms with van der Waals surface area (Å²) >= 11 is 0. The van der Waals surface area contributed by atoms with E-state index < -0.39 is 6.23 Å². The molecule has 19 heavy (non-hydrogen) atoms. The molecule has 0 spiro atoms. The van der Waals surface area contributed by atoms with Gasteiger partial charge in [-0.2, -0.15) is 0 Å². The maximum Gasteiger partial charge on any atom is 0.166 e. The predicted octanol–water partition coefficient (Wildman–Crippen LogP) is -1.01. The van der Waals surface area contributed by atoms with Crippen LogP contribution in [0.3, 0.4) is 0 Å². The zero-order valence-electron chi connectivity index (χ0n) is 13.0. The molecule has 0 amide bonds. The molecule has 0 saturated carbocycles. The van der Waals surface area contributed by atoms with Gasteiger partial charge in [0.05, 0.1) is 19.6 Å². The first-order valence-corrected chi connectivity index (χ1v) is 7.63. The highest BCUT2D eigenvalue weighted by Crippen LogP contribution is 2.15. The van der Waals surface area contributed by atoms with Gasteiger partial charge in [0.15, 0.2) is 6.23 Å². The molecule has 0 saturated heterocycles. The smallest absolute Gasteiger partial charge is 0.166 e. The van der Waals surface area contributed by atoms with Gasteiger partial charge in [-0.05, 0) is 19.3 Å². The van der Waals surface area contributed by atoms with E-state index in [0.717, 1.165) is 30.7 Å². The van der Waals surface area contributed by atoms with Crippen LogP contribution in [-0.2, 0) is 0 Å². The fourth-order valence-electron chi connectivity index (χ4n) is 2.51. The van der Waals surface area contributed by atoms with Crippen molar-refractivity contribution in [2.45, 2.75) is 65.5 Å². The second-order valence-corrected chi connectivity index (χ2v) is 5.44. The number of rotatable bonds is 12. The maximum absolute atomic E-state index is 9.84. The molecule has 0 heterocycles. The minimum Gasteiger partial charge on any atom is -1.00 e. The Balaban J connectivity index is 0. The molecule has 0 aromatic rings. The number of hydrazine groups is 1. The van der Waals surface area contributed by atoms with E-state index in [0.29, 0.717) is 0 Å². The van der Waals surface area contributed by atoms with Crippen LogP contribution in [0.4, 0.5) is 0 Å². The normalized spacial score (nSPS) is 13.1. The number of nitrogens with zero attached hydrogens (tertiary/aromatic N) is 1. The van der Waals surface area contributed by atoms with Gasteiger partial charge in [-0.15, -0.1) is 0 Å². The van der Waals surface area contributed by atoms with E-state index in [1.165, 1.54) is 38.5 Å². The Kier molecular flexibility index (Phi) is 14.8. The topological polar surface area (TPSA) is 58.3 Å². The highest BCUT2D eigenvalue weighted by Gasteiger charge is 2.28. The summed E-state index contributed by atoms with van der Waals surface area (Å²) in [6.45, 7) is 10.9. The summed E-state index contributed by atoms with van der Waals surface area (Å²) < 4.78 is 1.01. The molecule has 0 aromatic heterocycles. The quantitative estimate of drug-likeness (QED) is 0.187. The van der Waals surface area contributed by atoms with Crippen LogP contribution >= 0.6 is 0 Å². The summed E-state index contributed by atoms with van der Waals surface area (Å²) in [6, 6.07) is 0. The monoisotopic (exact) mass is 295 g/mol. The van der Waals surface area contributed by atoms with E-state index in [-0.39, 0.29) is 12.4 Å². The van der Waals surface area contributed by atoms with Crippen molar-refractivity contribution in [3.63, 3.8) is 0 Å². The van der Waals surface area contributed by atoms with Crippen LogP contribution in [-0.4, -0.2) is 42.0 Å². The van der Waals surface area contributed by atoms with Crippen LogP contribution < -0.4 is 23.7 Å². The van der Waals surface area contributed by atoms with Gasteiger partial charge < -0.3 is 22.0 Å². The lowest BCUT2D eigenvalue weighted by molar-refractivity contribution is -0.932. The molecule has 0 bridgehead atoms. The van der Waals surface area contributed by atoms with Gasteiger partial charge in [0.1, 0.15) is 6.54 Å². The SMILES string of the molecule is CCCC[N+](CCCC)(CCCC)CC(O)NN.[Cl-]. The number of hydrogen-bond acceptors (Lipinski definition) is 3. The van der Waals surface area contributed by atoms with Crippen LogP contribution in [0.2, 0.25) is 0 Å². The van der Waals surface area contributed by atoms with E-state index in [9.17, 15) is 5.11 Å². The molecule has 0 fully saturated rings. The average Bonchev–Trinajstić information content (AvgIpc) is 2.40. The number of halogens is 1. The van der Waals surface area contributed by atoms with Crippen LogP contribution in [0.1, 0.15) is 59.3 Å². The Hall–Kier alpha value is 0.130. The van der Waals surface area contributed by atoms with Crippen molar-refractivity contribution in [1.29, 1.82) is 0 Å². The van der Waals surface area contributed by atoms with Crippen molar-refractivity contribution in [3.05, 3.63) is 0 Å². The Morgan fingerprint density at radius 1 is 0.947 bits per heavy atom. The highest BCUT2D eigenvalue weighted by molar-refractivity contribution is 4.53. The zero-order valence-corrected chi connectivity index (χ0v) is 13.8. The van der Waals surface area contributed by atoms with E-state index >= 15 is 0 Å². The molecule has 1 unspecified atom stereocenters. The maximum atomic E-state index is 9.84. The second-order valence-electron chi connectivity index (χ2n) is 5.44. The summed E-state index contributed by atoms with van der Waals surface area (Å²) in [5.41, 5.74) is 2.49. The highest BCUT2D eigenvalue weighted by atomic mass is 35.5. The van der Waals surface area contributed by atoms with Crippen molar-refractivity contribution in [2.75, 3.05) is 26.2 Å². The van der Waals surface area contributed by atoms with Gasteiger partial charge in [-0.1, -0.05) is 40.0 Å². The number of unbranched alkanes of at least 4 members (excludes halogenated alkanes) is 3. The summed E-state index contributed by atoms with van der Waals surface area (Å²) in [6.07, 6.45) is 6.73. The number of nitrogens with one attached hydrogen (secondary N) is 1. The molecular formula is C14H34ClN3O. The molecule has 4 nitrogen and oxygen atoms in total. The van der Waals surface area contributed by atoms with Gasteiger partial charge in [-0.3, -0.25) is 5.84 Å². The van der Waals surface area contributed by atoms with Gasteiger partial charge >= 0.3 is 0 Å². The number of nitrogens with two attached hydrogens (primary N) is 1. The number of aliphatic hydroxyl groups is 1. The summed E-state index contributed by atoms with van der Waals surface area (Å²) in [5.74, 6) is 5.36. The second kappa shape index (κ2) is 13.1. The molecule has 0 aliphatic rings. The molecule has 0 aliphatic carbocycles. The van der Waals surface area contributed by atoms with E-state index in [1.807, 2.05) is 0 Å². The van der Waals surface area contributed by atoms with Gasteiger partial charge in [-0.25, -0.2) is 5.43 Å². The van der Waals surface area contributed by atoms with Crippen LogP contribution in [0.25, 0.3) is 0 Å². The van der Waals surface area contributed by atoms with E-state index in [1.54, 1.807) is 0 Å². The van der Waals surface area contributed by atoms with Crippen molar-refractivity contribution < 1.29 is 22.0 Å². The van der Waals surface area contributed by atoms with Crippen LogP contribution in [0.5, 0.6) is 0 Å². The number of quaternary nitrogens is 1. The summed E-state index contributed by atoms with van der Waals surface area (Å²) in [7, 11) is 0. The number of hydrogen-bond donors (Lipinski definition) is 3. The fraction of sp³-hybridized carbons (Fsp3) is 1.00. The van der Waals surface area contributed by atoms with Crippen molar-refractivity contribution in [1.82, 2.24) is 5.43 Å². The third-order valence-electron chi connectivity index (χ3n) is 3.71. The Bertz CT molecular complexity index is 172. The Morgan fingerprint density at radius 2 is 1.32 bits per heavy atom. The lowest BCUT2D eigenvalue weighted by atomic mass is 10.1. The predicted molar refractivity (Wildman–Crippen MR) is 77.8 cm³/mol. The first-order chi connectivity index (χ1) is 8.64. The summed E-state index contributed by atoms with van der Waals surface area (Å²) in [4.78, 5) is 0. The van der Waals surface area contributed by atoms with Gasteiger partial charge in [0.2, 0.25) is 0 Å². The third-order valence-corrected chi connectivity index (χ3v) is 3.71. The molecule has 1 atom stereocenters. The first kappa shape index (κ1) is 21.4. The Morgan fingerprint density at radius 3 is 1.58 bits per heavy atom. The summed E-state index contributed by atoms with van der Waals surface area (Å²) in [5, 5.41) is 9.84. The minimum absolute atomic E-state index is 0. The largest absolute Gasteiger partial charge is 1.00 e. The van der Waals surface area contributed by atoms with Crippen molar-refractivity contribution >= 4 is 0 Å². The molecular weight excluding hydrogens is 262 g/mol. The molecule has 0 rings (SSSR count). The van der Waals surface area contributed by atoms with Crippen LogP contribution in [0.15, 0.2) is 0 Å². The average molecular weight is 296 g/mol. The lowest BCUT2D eigenvalue weighted by Gasteiger charge is -2.40. The first-order valence-electron chi connectivity index (χ1n) is 7.63.